The van der Waals surface area contributed by atoms with E-state index in [4.69, 9.17) is 4.74 Å². The van der Waals surface area contributed by atoms with Gasteiger partial charge in [0.25, 0.3) is 0 Å². The molecule has 1 saturated heterocycles. The monoisotopic (exact) mass is 300 g/mol. The first-order valence-corrected chi connectivity index (χ1v) is 8.07. The highest BCUT2D eigenvalue weighted by Crippen LogP contribution is 2.45. The van der Waals surface area contributed by atoms with Crippen LogP contribution in [0.15, 0.2) is 42.2 Å². The zero-order chi connectivity index (χ0) is 15.2. The highest BCUT2D eigenvalue weighted by molar-refractivity contribution is 5.60. The molecule has 0 aromatic heterocycles. The number of allylic oxidation sites excluding steroid dienone is 1. The summed E-state index contributed by atoms with van der Waals surface area (Å²) in [6.45, 7) is 1.52. The Labute approximate surface area is 130 Å². The van der Waals surface area contributed by atoms with Gasteiger partial charge in [-0.2, -0.15) is 0 Å². The van der Waals surface area contributed by atoms with E-state index in [0.29, 0.717) is 25.2 Å². The normalized spacial score (nSPS) is 37.6. The van der Waals surface area contributed by atoms with Crippen LogP contribution in [0.25, 0.3) is 0 Å². The molecule has 1 aliphatic carbocycles. The van der Waals surface area contributed by atoms with Gasteiger partial charge in [-0.05, 0) is 6.08 Å². The maximum absolute atomic E-state index is 11.1. The highest BCUT2D eigenvalue weighted by Gasteiger charge is 2.54. The minimum absolute atomic E-state index is 0.0266. The molecule has 2 heterocycles. The van der Waals surface area contributed by atoms with Gasteiger partial charge in [0.05, 0.1) is 12.4 Å². The zero-order valence-corrected chi connectivity index (χ0v) is 12.6. The first-order chi connectivity index (χ1) is 10.7. The topological polar surface area (TPSA) is 52.7 Å². The number of rotatable bonds is 2. The fraction of sp³-hybridized carbons (Fsp3) is 0.500. The number of benzene rings is 1. The summed E-state index contributed by atoms with van der Waals surface area (Å²) in [4.78, 5) is 0. The average molecular weight is 300 g/mol. The summed E-state index contributed by atoms with van der Waals surface area (Å²) in [6.07, 6.45) is 5.76. The molecular weight excluding hydrogens is 278 g/mol. The van der Waals surface area contributed by atoms with Crippen LogP contribution in [-0.4, -0.2) is 45.9 Å². The van der Waals surface area contributed by atoms with Crippen molar-refractivity contribution in [1.82, 2.24) is 0 Å². The van der Waals surface area contributed by atoms with Crippen LogP contribution < -0.4 is 0 Å². The molecular formula is C18H22NO3+. The maximum Gasteiger partial charge on any atom is 0.204 e. The van der Waals surface area contributed by atoms with Crippen LogP contribution in [0.5, 0.6) is 0 Å². The lowest BCUT2D eigenvalue weighted by atomic mass is 9.69. The molecule has 4 heteroatoms. The fourth-order valence-corrected chi connectivity index (χ4v) is 4.20. The van der Waals surface area contributed by atoms with Crippen LogP contribution >= 0.6 is 0 Å². The van der Waals surface area contributed by atoms with Gasteiger partial charge in [-0.25, -0.2) is 4.58 Å². The van der Waals surface area contributed by atoms with Gasteiger partial charge in [0.1, 0.15) is 24.5 Å². The van der Waals surface area contributed by atoms with Gasteiger partial charge in [-0.15, -0.1) is 0 Å². The second-order valence-electron chi connectivity index (χ2n) is 6.63. The fourth-order valence-electron chi connectivity index (χ4n) is 4.20. The van der Waals surface area contributed by atoms with Crippen LogP contribution in [0.4, 0.5) is 5.69 Å². The van der Waals surface area contributed by atoms with Crippen molar-refractivity contribution in [3.8, 4) is 0 Å². The second-order valence-corrected chi connectivity index (χ2v) is 6.63. The molecule has 1 aromatic rings. The van der Waals surface area contributed by atoms with Crippen molar-refractivity contribution in [2.45, 2.75) is 31.0 Å². The number of aliphatic hydroxyl groups excluding tert-OH is 1. The summed E-state index contributed by atoms with van der Waals surface area (Å²) in [5.74, 6) is 0.650. The Balaban J connectivity index is 1.62. The summed E-state index contributed by atoms with van der Waals surface area (Å²) in [5.41, 5.74) is 0.354. The SMILES string of the molecule is OC1=C[C@@H]2OCC[C@]2(O)[C@@H]([C@H]2C=[N+](c3ccccc3)CC2)C1. The molecule has 3 aliphatic rings. The van der Waals surface area contributed by atoms with Crippen LogP contribution in [0.3, 0.4) is 0 Å². The Bertz CT molecular complexity index is 624. The summed E-state index contributed by atoms with van der Waals surface area (Å²) >= 11 is 0. The maximum atomic E-state index is 11.1. The largest absolute Gasteiger partial charge is 0.513 e. The molecule has 1 aromatic carbocycles. The summed E-state index contributed by atoms with van der Waals surface area (Å²) in [6, 6.07) is 10.3. The third kappa shape index (κ3) is 2.18. The smallest absolute Gasteiger partial charge is 0.204 e. The van der Waals surface area contributed by atoms with Gasteiger partial charge in [0, 0.05) is 43.2 Å². The van der Waals surface area contributed by atoms with E-state index in [-0.39, 0.29) is 17.9 Å². The number of hydrogen-bond donors (Lipinski definition) is 2. The van der Waals surface area contributed by atoms with Gasteiger partial charge in [-0.1, -0.05) is 18.2 Å². The number of fused-ring (bicyclic) bond motifs is 1. The molecule has 0 amide bonds. The predicted octanol–water partition coefficient (Wildman–Crippen LogP) is 2.40. The number of ether oxygens (including phenoxy) is 1. The molecule has 0 saturated carbocycles. The van der Waals surface area contributed by atoms with E-state index in [0.717, 1.165) is 13.0 Å². The summed E-state index contributed by atoms with van der Waals surface area (Å²) < 4.78 is 7.88. The van der Waals surface area contributed by atoms with E-state index >= 15 is 0 Å². The molecule has 4 atom stereocenters. The molecule has 1 fully saturated rings. The first kappa shape index (κ1) is 14.0. The molecule has 0 unspecified atom stereocenters. The lowest BCUT2D eigenvalue weighted by Gasteiger charge is -2.40. The molecule has 0 radical (unpaired) electrons. The Morgan fingerprint density at radius 3 is 2.86 bits per heavy atom. The molecule has 2 aliphatic heterocycles. The van der Waals surface area contributed by atoms with Crippen molar-refractivity contribution >= 4 is 11.9 Å². The van der Waals surface area contributed by atoms with Crippen LogP contribution in [0.1, 0.15) is 19.3 Å². The molecule has 4 nitrogen and oxygen atoms in total. The Morgan fingerprint density at radius 2 is 2.05 bits per heavy atom. The van der Waals surface area contributed by atoms with E-state index in [1.54, 1.807) is 6.08 Å². The lowest BCUT2D eigenvalue weighted by Crippen LogP contribution is -2.50. The standard InChI is InChI=1S/C18H21NO3/c20-15-10-16(18(21)7-9-22-17(18)11-15)13-6-8-19(12-13)14-4-2-1-3-5-14/h1-5,11-13,16-17,21H,6-10H2/p+1/t13-,16-,17+,18+/m1/s1. The van der Waals surface area contributed by atoms with E-state index in [2.05, 4.69) is 22.9 Å². The van der Waals surface area contributed by atoms with Gasteiger partial charge < -0.3 is 14.9 Å². The second kappa shape index (κ2) is 5.21. The average Bonchev–Trinajstić information content (AvgIpc) is 3.14. The van der Waals surface area contributed by atoms with Gasteiger partial charge >= 0.3 is 0 Å². The Hall–Kier alpha value is -1.65. The van der Waals surface area contributed by atoms with Crippen molar-refractivity contribution in [2.75, 3.05) is 13.2 Å². The minimum Gasteiger partial charge on any atom is -0.513 e. The first-order valence-electron chi connectivity index (χ1n) is 8.07. The van der Waals surface area contributed by atoms with Crippen molar-refractivity contribution < 1.29 is 19.5 Å². The van der Waals surface area contributed by atoms with Gasteiger partial charge in [0.2, 0.25) is 5.69 Å². The third-order valence-corrected chi connectivity index (χ3v) is 5.39. The Morgan fingerprint density at radius 1 is 1.23 bits per heavy atom. The molecule has 2 N–H and O–H groups in total. The summed E-state index contributed by atoms with van der Waals surface area (Å²) in [5, 5.41) is 21.1. The minimum atomic E-state index is -0.833. The molecule has 4 rings (SSSR count). The van der Waals surface area contributed by atoms with E-state index in [9.17, 15) is 10.2 Å². The van der Waals surface area contributed by atoms with Crippen molar-refractivity contribution in [2.24, 2.45) is 11.8 Å². The number of para-hydroxylation sites is 1. The Kier molecular flexibility index (Phi) is 3.31. The number of aliphatic hydroxyl groups is 2. The molecule has 22 heavy (non-hydrogen) atoms. The molecule has 0 spiro atoms. The molecule has 116 valence electrons. The predicted molar refractivity (Wildman–Crippen MR) is 83.5 cm³/mol. The number of nitrogens with zero attached hydrogens (tertiary/aromatic N) is 1. The van der Waals surface area contributed by atoms with Crippen molar-refractivity contribution in [3.63, 3.8) is 0 Å². The van der Waals surface area contributed by atoms with Crippen molar-refractivity contribution in [3.05, 3.63) is 42.2 Å². The van der Waals surface area contributed by atoms with Crippen LogP contribution in [0.2, 0.25) is 0 Å². The van der Waals surface area contributed by atoms with E-state index in [1.807, 2.05) is 18.2 Å². The highest BCUT2D eigenvalue weighted by atomic mass is 16.5. The van der Waals surface area contributed by atoms with Crippen LogP contribution in [-0.2, 0) is 4.74 Å². The van der Waals surface area contributed by atoms with Gasteiger partial charge in [0.15, 0.2) is 0 Å². The third-order valence-electron chi connectivity index (χ3n) is 5.39. The zero-order valence-electron chi connectivity index (χ0n) is 12.6. The molecule has 0 bridgehead atoms. The lowest BCUT2D eigenvalue weighted by molar-refractivity contribution is -0.426. The number of hydrogen-bond acceptors (Lipinski definition) is 3. The summed E-state index contributed by atoms with van der Waals surface area (Å²) in [7, 11) is 0. The van der Waals surface area contributed by atoms with Crippen LogP contribution in [0, 0.1) is 11.8 Å². The quantitative estimate of drug-likeness (QED) is 0.825. The van der Waals surface area contributed by atoms with E-state index < -0.39 is 5.60 Å². The van der Waals surface area contributed by atoms with E-state index in [1.165, 1.54) is 5.69 Å². The van der Waals surface area contributed by atoms with Gasteiger partial charge in [-0.3, -0.25) is 0 Å². The van der Waals surface area contributed by atoms with Crippen molar-refractivity contribution in [1.29, 1.82) is 0 Å².